The van der Waals surface area contributed by atoms with Gasteiger partial charge in [0.2, 0.25) is 0 Å². The van der Waals surface area contributed by atoms with E-state index < -0.39 is 15.8 Å². The number of carbonyl (C=O) groups is 1. The van der Waals surface area contributed by atoms with Crippen LogP contribution in [0.15, 0.2) is 20.0 Å². The van der Waals surface area contributed by atoms with E-state index in [9.17, 15) is 13.2 Å². The molecule has 90 valence electrons. The minimum Gasteiger partial charge on any atom is -0.462 e. The molecular weight excluding hydrogens is 268 g/mol. The van der Waals surface area contributed by atoms with Crippen LogP contribution < -0.4 is 0 Å². The molecule has 0 radical (unpaired) electrons. The third-order valence-corrected chi connectivity index (χ3v) is 5.09. The topological polar surface area (TPSA) is 60.4 Å². The summed E-state index contributed by atoms with van der Waals surface area (Å²) in [6, 6.07) is 0. The second kappa shape index (κ2) is 5.79. The zero-order chi connectivity index (χ0) is 12.2. The van der Waals surface area contributed by atoms with Gasteiger partial charge in [-0.2, -0.15) is 0 Å². The van der Waals surface area contributed by atoms with Crippen molar-refractivity contribution >= 4 is 39.3 Å². The van der Waals surface area contributed by atoms with Gasteiger partial charge in [0.1, 0.15) is 0 Å². The molecule has 1 heterocycles. The lowest BCUT2D eigenvalue weighted by Crippen LogP contribution is -2.16. The molecule has 0 aromatic heterocycles. The molecule has 0 unspecified atom stereocenters. The molecule has 1 aliphatic heterocycles. The van der Waals surface area contributed by atoms with Crippen molar-refractivity contribution in [1.82, 2.24) is 0 Å². The van der Waals surface area contributed by atoms with Gasteiger partial charge in [-0.1, -0.05) is 30.4 Å². The Balaban J connectivity index is 2.98. The summed E-state index contributed by atoms with van der Waals surface area (Å²) in [6.45, 7) is 2.08. The van der Waals surface area contributed by atoms with Crippen LogP contribution in [0, 0.1) is 0 Å². The van der Waals surface area contributed by atoms with Gasteiger partial charge in [0.25, 0.3) is 0 Å². The molecular formula is C9H12O4S3. The first-order valence-electron chi connectivity index (χ1n) is 4.56. The van der Waals surface area contributed by atoms with Crippen molar-refractivity contribution in [3.63, 3.8) is 0 Å². The second-order valence-electron chi connectivity index (χ2n) is 3.03. The van der Waals surface area contributed by atoms with Crippen molar-refractivity contribution in [2.75, 3.05) is 12.9 Å². The molecule has 0 spiro atoms. The lowest BCUT2D eigenvalue weighted by atomic mass is 10.5. The number of carbonyl (C=O) groups excluding carboxylic acids is 1. The fourth-order valence-corrected chi connectivity index (χ4v) is 4.45. The lowest BCUT2D eigenvalue weighted by molar-refractivity contribution is -0.138. The monoisotopic (exact) mass is 280 g/mol. The van der Waals surface area contributed by atoms with E-state index in [1.807, 2.05) is 6.92 Å². The molecule has 0 aromatic carbocycles. The first-order valence-corrected chi connectivity index (χ1v) is 8.21. The highest BCUT2D eigenvalue weighted by molar-refractivity contribution is 8.28. The molecule has 0 saturated carbocycles. The Kier molecular flexibility index (Phi) is 4.94. The third-order valence-electron chi connectivity index (χ3n) is 1.58. The molecule has 0 bridgehead atoms. The predicted molar refractivity (Wildman–Crippen MR) is 67.4 cm³/mol. The van der Waals surface area contributed by atoms with Gasteiger partial charge in [-0.15, -0.1) is 0 Å². The maximum absolute atomic E-state index is 11.6. The SMILES string of the molecule is CCCOC(=O)C(=C1SC=CS1)S(C)(=O)=O. The highest BCUT2D eigenvalue weighted by atomic mass is 32.2. The molecule has 0 saturated heterocycles. The summed E-state index contributed by atoms with van der Waals surface area (Å²) in [5.74, 6) is -0.761. The van der Waals surface area contributed by atoms with E-state index in [-0.39, 0.29) is 11.5 Å². The number of hydrogen-bond acceptors (Lipinski definition) is 6. The van der Waals surface area contributed by atoms with Crippen molar-refractivity contribution in [2.24, 2.45) is 0 Å². The summed E-state index contributed by atoms with van der Waals surface area (Å²) < 4.78 is 28.3. The van der Waals surface area contributed by atoms with Gasteiger partial charge in [-0.3, -0.25) is 0 Å². The Bertz CT molecular complexity index is 424. The van der Waals surface area contributed by atoms with Crippen LogP contribution in [0.2, 0.25) is 0 Å². The van der Waals surface area contributed by atoms with Gasteiger partial charge < -0.3 is 4.74 Å². The summed E-state index contributed by atoms with van der Waals surface area (Å²) in [5, 5.41) is 3.47. The summed E-state index contributed by atoms with van der Waals surface area (Å²) in [5.41, 5.74) is 0. The molecule has 0 amide bonds. The van der Waals surface area contributed by atoms with Gasteiger partial charge in [-0.25, -0.2) is 13.2 Å². The number of ether oxygens (including phenoxy) is 1. The summed E-state index contributed by atoms with van der Waals surface area (Å²) >= 11 is 2.44. The van der Waals surface area contributed by atoms with Crippen LogP contribution in [-0.2, 0) is 19.4 Å². The van der Waals surface area contributed by atoms with E-state index in [1.54, 1.807) is 10.8 Å². The van der Waals surface area contributed by atoms with Crippen LogP contribution in [0.3, 0.4) is 0 Å². The quantitative estimate of drug-likeness (QED) is 0.580. The van der Waals surface area contributed by atoms with Gasteiger partial charge >= 0.3 is 5.97 Å². The standard InChI is InChI=1S/C9H12O4S3/c1-3-4-13-8(10)7(16(2,11)12)9-14-5-6-15-9/h5-6H,3-4H2,1-2H3. The fourth-order valence-electron chi connectivity index (χ4n) is 0.960. The average molecular weight is 280 g/mol. The maximum atomic E-state index is 11.6. The molecule has 1 aliphatic rings. The molecule has 0 N–H and O–H groups in total. The molecule has 0 fully saturated rings. The maximum Gasteiger partial charge on any atom is 0.351 e. The highest BCUT2D eigenvalue weighted by Gasteiger charge is 2.28. The van der Waals surface area contributed by atoms with Gasteiger partial charge in [-0.05, 0) is 17.2 Å². The van der Waals surface area contributed by atoms with Crippen molar-refractivity contribution in [3.8, 4) is 0 Å². The average Bonchev–Trinajstić information content (AvgIpc) is 2.65. The molecule has 0 atom stereocenters. The van der Waals surface area contributed by atoms with Crippen molar-refractivity contribution < 1.29 is 17.9 Å². The lowest BCUT2D eigenvalue weighted by Gasteiger charge is -2.07. The predicted octanol–water partition coefficient (Wildman–Crippen LogP) is 2.10. The minimum atomic E-state index is -3.55. The van der Waals surface area contributed by atoms with Crippen molar-refractivity contribution in [2.45, 2.75) is 13.3 Å². The largest absolute Gasteiger partial charge is 0.462 e. The Hall–Kier alpha value is -0.400. The van der Waals surface area contributed by atoms with Crippen LogP contribution in [0.4, 0.5) is 0 Å². The Morgan fingerprint density at radius 1 is 1.38 bits per heavy atom. The van der Waals surface area contributed by atoms with Crippen LogP contribution in [0.1, 0.15) is 13.3 Å². The first kappa shape index (κ1) is 13.7. The minimum absolute atomic E-state index is 0.230. The number of thioether (sulfide) groups is 2. The second-order valence-corrected chi connectivity index (χ2v) is 7.08. The van der Waals surface area contributed by atoms with E-state index >= 15 is 0 Å². The van der Waals surface area contributed by atoms with Crippen LogP contribution in [0.25, 0.3) is 0 Å². The summed E-state index contributed by atoms with van der Waals surface area (Å²) in [4.78, 5) is 11.4. The number of esters is 1. The van der Waals surface area contributed by atoms with Gasteiger partial charge in [0, 0.05) is 6.26 Å². The fraction of sp³-hybridized carbons (Fsp3) is 0.444. The third kappa shape index (κ3) is 3.57. The van der Waals surface area contributed by atoms with E-state index in [0.29, 0.717) is 10.7 Å². The molecule has 16 heavy (non-hydrogen) atoms. The van der Waals surface area contributed by atoms with Gasteiger partial charge in [0.05, 0.1) is 10.8 Å². The number of hydrogen-bond donors (Lipinski definition) is 0. The molecule has 4 nitrogen and oxygen atoms in total. The van der Waals surface area contributed by atoms with E-state index in [4.69, 9.17) is 4.74 Å². The molecule has 1 rings (SSSR count). The smallest absolute Gasteiger partial charge is 0.351 e. The zero-order valence-electron chi connectivity index (χ0n) is 8.93. The normalized spacial score (nSPS) is 15.2. The van der Waals surface area contributed by atoms with Crippen LogP contribution in [-0.4, -0.2) is 27.2 Å². The Morgan fingerprint density at radius 2 is 1.94 bits per heavy atom. The summed E-state index contributed by atoms with van der Waals surface area (Å²) in [7, 11) is -3.55. The van der Waals surface area contributed by atoms with E-state index in [1.165, 1.54) is 23.5 Å². The molecule has 0 aromatic rings. The Labute approximate surface area is 103 Å². The molecule has 7 heteroatoms. The molecule has 0 aliphatic carbocycles. The highest BCUT2D eigenvalue weighted by Crippen LogP contribution is 2.41. The number of rotatable bonds is 4. The summed E-state index contributed by atoms with van der Waals surface area (Å²) in [6.07, 6.45) is 1.68. The van der Waals surface area contributed by atoms with Crippen molar-refractivity contribution in [3.05, 3.63) is 20.0 Å². The van der Waals surface area contributed by atoms with E-state index in [0.717, 1.165) is 6.26 Å². The van der Waals surface area contributed by atoms with Crippen LogP contribution >= 0.6 is 23.5 Å². The zero-order valence-corrected chi connectivity index (χ0v) is 11.4. The van der Waals surface area contributed by atoms with Crippen LogP contribution in [0.5, 0.6) is 0 Å². The van der Waals surface area contributed by atoms with Gasteiger partial charge in [0.15, 0.2) is 14.7 Å². The Morgan fingerprint density at radius 3 is 2.38 bits per heavy atom. The van der Waals surface area contributed by atoms with Crippen molar-refractivity contribution in [1.29, 1.82) is 0 Å². The first-order chi connectivity index (χ1) is 7.46. The number of sulfone groups is 1. The van der Waals surface area contributed by atoms with E-state index in [2.05, 4.69) is 0 Å².